The molecule has 0 aliphatic heterocycles. The van der Waals surface area contributed by atoms with Gasteiger partial charge in [-0.25, -0.2) is 18.8 Å². The predicted octanol–water partition coefficient (Wildman–Crippen LogP) is 1.23. The normalized spacial score (nSPS) is 10.8. The Hall–Kier alpha value is -2.04. The number of aromatic nitrogens is 3. The monoisotopic (exact) mass is 247 g/mol. The van der Waals surface area contributed by atoms with E-state index in [1.54, 1.807) is 6.92 Å². The first kappa shape index (κ1) is 12.4. The van der Waals surface area contributed by atoms with Gasteiger partial charge in [-0.1, -0.05) is 25.1 Å². The maximum atomic E-state index is 12.2. The highest BCUT2D eigenvalue weighted by Crippen LogP contribution is 2.03. The van der Waals surface area contributed by atoms with Crippen molar-refractivity contribution >= 4 is 0 Å². The number of benzene rings is 1. The van der Waals surface area contributed by atoms with Crippen molar-refractivity contribution in [1.82, 2.24) is 13.9 Å². The van der Waals surface area contributed by atoms with Crippen LogP contribution in [0.15, 0.2) is 39.9 Å². The number of hydrogen-bond acceptors (Lipinski definition) is 2. The van der Waals surface area contributed by atoms with Crippen LogP contribution in [0.25, 0.3) is 5.69 Å². The third kappa shape index (κ3) is 1.92. The van der Waals surface area contributed by atoms with Crippen LogP contribution >= 0.6 is 0 Å². The van der Waals surface area contributed by atoms with Crippen molar-refractivity contribution in [2.24, 2.45) is 0 Å². The third-order valence-corrected chi connectivity index (χ3v) is 2.86. The molecule has 0 unspecified atom stereocenters. The lowest BCUT2D eigenvalue weighted by molar-refractivity contribution is 0.518. The van der Waals surface area contributed by atoms with Gasteiger partial charge in [0.05, 0.1) is 5.69 Å². The minimum absolute atomic E-state index is 0.242. The topological polar surface area (TPSA) is 48.9 Å². The molecule has 0 saturated heterocycles. The second-order valence-corrected chi connectivity index (χ2v) is 4.08. The molecule has 0 spiro atoms. The van der Waals surface area contributed by atoms with Gasteiger partial charge in [0.15, 0.2) is 0 Å². The van der Waals surface area contributed by atoms with Crippen LogP contribution in [0, 0.1) is 0 Å². The van der Waals surface area contributed by atoms with Gasteiger partial charge in [-0.15, -0.1) is 0 Å². The molecule has 2 aromatic rings. The number of nitrogens with zero attached hydrogens (tertiary/aromatic N) is 3. The molecule has 0 bridgehead atoms. The molecular weight excluding hydrogens is 230 g/mol. The second-order valence-electron chi connectivity index (χ2n) is 4.08. The highest BCUT2D eigenvalue weighted by molar-refractivity contribution is 5.29. The maximum Gasteiger partial charge on any atom is 0.351 e. The van der Waals surface area contributed by atoms with E-state index >= 15 is 0 Å². The first-order chi connectivity index (χ1) is 8.70. The zero-order valence-electron chi connectivity index (χ0n) is 10.7. The Morgan fingerprint density at radius 1 is 1.00 bits per heavy atom. The van der Waals surface area contributed by atoms with Crippen LogP contribution < -0.4 is 11.4 Å². The van der Waals surface area contributed by atoms with E-state index in [1.807, 2.05) is 37.3 Å². The van der Waals surface area contributed by atoms with Gasteiger partial charge in [-0.2, -0.15) is 4.68 Å². The van der Waals surface area contributed by atoms with Gasteiger partial charge < -0.3 is 0 Å². The Bertz CT molecular complexity index is 634. The van der Waals surface area contributed by atoms with Gasteiger partial charge in [0.2, 0.25) is 0 Å². The minimum atomic E-state index is -0.276. The molecule has 0 aliphatic carbocycles. The Kier molecular flexibility index (Phi) is 3.50. The van der Waals surface area contributed by atoms with Crippen LogP contribution in [0.1, 0.15) is 20.3 Å². The third-order valence-electron chi connectivity index (χ3n) is 2.86. The molecule has 0 atom stereocenters. The molecule has 18 heavy (non-hydrogen) atoms. The number of hydrogen-bond donors (Lipinski definition) is 0. The van der Waals surface area contributed by atoms with Crippen molar-refractivity contribution in [3.8, 4) is 5.69 Å². The molecule has 5 heteroatoms. The SMILES string of the molecule is CCCn1c(=O)n(CC)c(=O)n1-c1ccccc1. The van der Waals surface area contributed by atoms with Crippen molar-refractivity contribution in [3.63, 3.8) is 0 Å². The summed E-state index contributed by atoms with van der Waals surface area (Å²) in [6.45, 7) is 4.71. The Labute approximate surface area is 105 Å². The molecule has 0 radical (unpaired) electrons. The van der Waals surface area contributed by atoms with Gasteiger partial charge in [-0.05, 0) is 25.5 Å². The fourth-order valence-electron chi connectivity index (χ4n) is 2.02. The highest BCUT2D eigenvalue weighted by atomic mass is 16.2. The molecule has 1 aromatic heterocycles. The number of rotatable bonds is 4. The maximum absolute atomic E-state index is 12.2. The van der Waals surface area contributed by atoms with E-state index in [0.29, 0.717) is 13.1 Å². The van der Waals surface area contributed by atoms with Crippen LogP contribution in [0.2, 0.25) is 0 Å². The molecule has 0 saturated carbocycles. The zero-order chi connectivity index (χ0) is 13.1. The van der Waals surface area contributed by atoms with Gasteiger partial charge in [0, 0.05) is 13.1 Å². The summed E-state index contributed by atoms with van der Waals surface area (Å²) in [5.41, 5.74) is 0.204. The molecule has 0 amide bonds. The Balaban J connectivity index is 2.73. The summed E-state index contributed by atoms with van der Waals surface area (Å²) >= 11 is 0. The average Bonchev–Trinajstić information content (AvgIpc) is 2.62. The Morgan fingerprint density at radius 3 is 2.22 bits per heavy atom. The summed E-state index contributed by atoms with van der Waals surface area (Å²) in [6.07, 6.45) is 0.805. The van der Waals surface area contributed by atoms with Gasteiger partial charge in [-0.3, -0.25) is 0 Å². The molecule has 5 nitrogen and oxygen atoms in total. The summed E-state index contributed by atoms with van der Waals surface area (Å²) in [5, 5.41) is 0. The minimum Gasteiger partial charge on any atom is -0.246 e. The van der Waals surface area contributed by atoms with E-state index < -0.39 is 0 Å². The number of para-hydroxylation sites is 1. The average molecular weight is 247 g/mol. The lowest BCUT2D eigenvalue weighted by Crippen LogP contribution is -2.28. The molecule has 1 heterocycles. The first-order valence-corrected chi connectivity index (χ1v) is 6.18. The van der Waals surface area contributed by atoms with Crippen LogP contribution in [-0.2, 0) is 13.1 Å². The van der Waals surface area contributed by atoms with E-state index in [2.05, 4.69) is 0 Å². The van der Waals surface area contributed by atoms with E-state index in [9.17, 15) is 9.59 Å². The molecule has 1 aromatic carbocycles. The molecular formula is C13H17N3O2. The van der Waals surface area contributed by atoms with Crippen LogP contribution in [0.4, 0.5) is 0 Å². The highest BCUT2D eigenvalue weighted by Gasteiger charge is 2.14. The first-order valence-electron chi connectivity index (χ1n) is 6.18. The van der Waals surface area contributed by atoms with Crippen molar-refractivity contribution in [3.05, 3.63) is 51.3 Å². The largest absolute Gasteiger partial charge is 0.351 e. The summed E-state index contributed by atoms with van der Waals surface area (Å²) in [5.74, 6) is 0. The molecule has 0 aliphatic rings. The fraction of sp³-hybridized carbons (Fsp3) is 0.385. The van der Waals surface area contributed by atoms with Gasteiger partial charge in [0.1, 0.15) is 0 Å². The molecule has 96 valence electrons. The fourth-order valence-corrected chi connectivity index (χ4v) is 2.02. The smallest absolute Gasteiger partial charge is 0.246 e. The summed E-state index contributed by atoms with van der Waals surface area (Å²) in [6, 6.07) is 9.24. The van der Waals surface area contributed by atoms with Crippen molar-refractivity contribution < 1.29 is 0 Å². The Morgan fingerprint density at radius 2 is 1.67 bits per heavy atom. The van der Waals surface area contributed by atoms with Gasteiger partial charge in [0.25, 0.3) is 0 Å². The molecule has 2 rings (SSSR count). The van der Waals surface area contributed by atoms with Crippen LogP contribution in [-0.4, -0.2) is 13.9 Å². The quantitative estimate of drug-likeness (QED) is 0.816. The molecule has 0 fully saturated rings. The van der Waals surface area contributed by atoms with E-state index in [-0.39, 0.29) is 11.4 Å². The van der Waals surface area contributed by atoms with Crippen LogP contribution in [0.3, 0.4) is 0 Å². The lowest BCUT2D eigenvalue weighted by Gasteiger charge is -2.07. The van der Waals surface area contributed by atoms with Crippen molar-refractivity contribution in [2.75, 3.05) is 0 Å². The molecule has 0 N–H and O–H groups in total. The van der Waals surface area contributed by atoms with E-state index in [1.165, 1.54) is 13.9 Å². The summed E-state index contributed by atoms with van der Waals surface area (Å²) in [4.78, 5) is 24.3. The summed E-state index contributed by atoms with van der Waals surface area (Å²) in [7, 11) is 0. The second kappa shape index (κ2) is 5.08. The predicted molar refractivity (Wildman–Crippen MR) is 70.3 cm³/mol. The van der Waals surface area contributed by atoms with Crippen molar-refractivity contribution in [2.45, 2.75) is 33.4 Å². The summed E-state index contributed by atoms with van der Waals surface area (Å²) < 4.78 is 4.21. The lowest BCUT2D eigenvalue weighted by atomic mass is 10.3. The standard InChI is InChI=1S/C13H17N3O2/c1-3-10-15-12(17)14(4-2)13(18)16(15)11-8-6-5-7-9-11/h5-9H,3-4,10H2,1-2H3. The van der Waals surface area contributed by atoms with Gasteiger partial charge >= 0.3 is 11.4 Å². The zero-order valence-corrected chi connectivity index (χ0v) is 10.7. The van der Waals surface area contributed by atoms with E-state index in [4.69, 9.17) is 0 Å². The van der Waals surface area contributed by atoms with E-state index in [0.717, 1.165) is 12.1 Å². The van der Waals surface area contributed by atoms with Crippen LogP contribution in [0.5, 0.6) is 0 Å². The van der Waals surface area contributed by atoms with Crippen molar-refractivity contribution in [1.29, 1.82) is 0 Å².